The van der Waals surface area contributed by atoms with Gasteiger partial charge in [0, 0.05) is 23.2 Å². The summed E-state index contributed by atoms with van der Waals surface area (Å²) in [6, 6.07) is 8.81. The summed E-state index contributed by atoms with van der Waals surface area (Å²) < 4.78 is 0. The van der Waals surface area contributed by atoms with Crippen LogP contribution in [0.3, 0.4) is 0 Å². The average molecular weight is 301 g/mol. The SMILES string of the molecule is CNC(CSc1nc(C)c(C)c(C)n1)c1ccccc1C. The summed E-state index contributed by atoms with van der Waals surface area (Å²) in [5, 5.41) is 4.26. The molecule has 0 saturated heterocycles. The number of hydrogen-bond donors (Lipinski definition) is 1. The Morgan fingerprint density at radius 2 is 1.67 bits per heavy atom. The van der Waals surface area contributed by atoms with E-state index in [-0.39, 0.29) is 0 Å². The first-order valence-electron chi connectivity index (χ1n) is 7.20. The largest absolute Gasteiger partial charge is 0.312 e. The zero-order valence-electron chi connectivity index (χ0n) is 13.4. The van der Waals surface area contributed by atoms with Crippen molar-refractivity contribution >= 4 is 11.8 Å². The number of thioether (sulfide) groups is 1. The second-order valence-corrected chi connectivity index (χ2v) is 6.30. The summed E-state index contributed by atoms with van der Waals surface area (Å²) in [5.74, 6) is 0.920. The van der Waals surface area contributed by atoms with E-state index in [1.165, 1.54) is 16.7 Å². The Morgan fingerprint density at radius 3 is 2.24 bits per heavy atom. The topological polar surface area (TPSA) is 37.8 Å². The maximum Gasteiger partial charge on any atom is 0.188 e. The van der Waals surface area contributed by atoms with Crippen LogP contribution in [0.4, 0.5) is 0 Å². The van der Waals surface area contributed by atoms with Crippen molar-refractivity contribution < 1.29 is 0 Å². The van der Waals surface area contributed by atoms with Crippen LogP contribution >= 0.6 is 11.8 Å². The van der Waals surface area contributed by atoms with Crippen LogP contribution in [0.1, 0.15) is 34.1 Å². The number of aromatic nitrogens is 2. The standard InChI is InChI=1S/C17H23N3S/c1-11-8-6-7-9-15(11)16(18-5)10-21-17-19-13(3)12(2)14(4)20-17/h6-9,16,18H,10H2,1-5H3. The highest BCUT2D eigenvalue weighted by Gasteiger charge is 2.13. The molecule has 1 aromatic carbocycles. The van der Waals surface area contributed by atoms with Crippen molar-refractivity contribution in [3.8, 4) is 0 Å². The number of hydrogen-bond acceptors (Lipinski definition) is 4. The summed E-state index contributed by atoms with van der Waals surface area (Å²) in [6.07, 6.45) is 0. The van der Waals surface area contributed by atoms with Crippen molar-refractivity contribution in [2.75, 3.05) is 12.8 Å². The molecule has 0 saturated carbocycles. The molecule has 1 atom stereocenters. The van der Waals surface area contributed by atoms with E-state index in [4.69, 9.17) is 0 Å². The zero-order valence-corrected chi connectivity index (χ0v) is 14.2. The van der Waals surface area contributed by atoms with Crippen molar-refractivity contribution in [1.29, 1.82) is 0 Å². The molecule has 0 radical (unpaired) electrons. The van der Waals surface area contributed by atoms with Crippen molar-refractivity contribution in [2.45, 2.75) is 38.9 Å². The molecule has 2 rings (SSSR count). The zero-order chi connectivity index (χ0) is 15.4. The van der Waals surface area contributed by atoms with Crippen LogP contribution in [0.2, 0.25) is 0 Å². The molecule has 0 amide bonds. The predicted molar refractivity (Wildman–Crippen MR) is 89.9 cm³/mol. The van der Waals surface area contributed by atoms with Crippen LogP contribution in [-0.4, -0.2) is 22.8 Å². The van der Waals surface area contributed by atoms with E-state index in [2.05, 4.69) is 53.4 Å². The molecule has 0 spiro atoms. The molecule has 1 aromatic heterocycles. The molecule has 1 N–H and O–H groups in total. The van der Waals surface area contributed by atoms with Gasteiger partial charge < -0.3 is 5.32 Å². The third-order valence-corrected chi connectivity index (χ3v) is 4.84. The normalized spacial score (nSPS) is 12.4. The monoisotopic (exact) mass is 301 g/mol. The average Bonchev–Trinajstić information content (AvgIpc) is 2.47. The van der Waals surface area contributed by atoms with Gasteiger partial charge in [-0.15, -0.1) is 0 Å². The fourth-order valence-electron chi connectivity index (χ4n) is 2.27. The molecule has 112 valence electrons. The summed E-state index contributed by atoms with van der Waals surface area (Å²) in [7, 11) is 2.00. The first-order valence-corrected chi connectivity index (χ1v) is 8.19. The van der Waals surface area contributed by atoms with E-state index in [0.717, 1.165) is 22.3 Å². The highest BCUT2D eigenvalue weighted by molar-refractivity contribution is 7.99. The van der Waals surface area contributed by atoms with Gasteiger partial charge in [-0.05, 0) is 51.4 Å². The lowest BCUT2D eigenvalue weighted by molar-refractivity contribution is 0.656. The predicted octanol–water partition coefficient (Wildman–Crippen LogP) is 3.76. The van der Waals surface area contributed by atoms with Gasteiger partial charge in [0.2, 0.25) is 0 Å². The van der Waals surface area contributed by atoms with Crippen LogP contribution in [0.25, 0.3) is 0 Å². The van der Waals surface area contributed by atoms with E-state index >= 15 is 0 Å². The van der Waals surface area contributed by atoms with Gasteiger partial charge in [0.25, 0.3) is 0 Å². The molecule has 0 fully saturated rings. The smallest absolute Gasteiger partial charge is 0.188 e. The first-order chi connectivity index (χ1) is 10.0. The molecular weight excluding hydrogens is 278 g/mol. The molecule has 0 aliphatic heterocycles. The van der Waals surface area contributed by atoms with Crippen molar-refractivity contribution in [3.05, 3.63) is 52.3 Å². The summed E-state index contributed by atoms with van der Waals surface area (Å²) in [6.45, 7) is 8.32. The fourth-order valence-corrected chi connectivity index (χ4v) is 3.34. The van der Waals surface area contributed by atoms with E-state index in [0.29, 0.717) is 6.04 Å². The lowest BCUT2D eigenvalue weighted by atomic mass is 10.0. The van der Waals surface area contributed by atoms with Crippen molar-refractivity contribution in [3.63, 3.8) is 0 Å². The minimum Gasteiger partial charge on any atom is -0.312 e. The van der Waals surface area contributed by atoms with Gasteiger partial charge >= 0.3 is 0 Å². The second kappa shape index (κ2) is 7.05. The molecule has 2 aromatic rings. The van der Waals surface area contributed by atoms with Gasteiger partial charge in [0.15, 0.2) is 5.16 Å². The maximum atomic E-state index is 4.58. The summed E-state index contributed by atoms with van der Waals surface area (Å²) in [5.41, 5.74) is 5.98. The Kier molecular flexibility index (Phi) is 5.37. The molecule has 4 heteroatoms. The fraction of sp³-hybridized carbons (Fsp3) is 0.412. The second-order valence-electron chi connectivity index (χ2n) is 5.31. The number of rotatable bonds is 5. The Labute approximate surface area is 131 Å². The minimum atomic E-state index is 0.307. The van der Waals surface area contributed by atoms with E-state index in [1.54, 1.807) is 11.8 Å². The first kappa shape index (κ1) is 16.0. The Balaban J connectivity index is 2.12. The Hall–Kier alpha value is -1.39. The maximum absolute atomic E-state index is 4.58. The number of aryl methyl sites for hydroxylation is 3. The van der Waals surface area contributed by atoms with Gasteiger partial charge in [0.1, 0.15) is 0 Å². The van der Waals surface area contributed by atoms with E-state index < -0.39 is 0 Å². The van der Waals surface area contributed by atoms with Gasteiger partial charge in [-0.2, -0.15) is 0 Å². The number of benzene rings is 1. The Morgan fingerprint density at radius 1 is 1.05 bits per heavy atom. The van der Waals surface area contributed by atoms with Gasteiger partial charge in [-0.3, -0.25) is 0 Å². The third-order valence-electron chi connectivity index (χ3n) is 3.90. The van der Waals surface area contributed by atoms with Crippen molar-refractivity contribution in [1.82, 2.24) is 15.3 Å². The molecule has 21 heavy (non-hydrogen) atoms. The van der Waals surface area contributed by atoms with Gasteiger partial charge in [-0.25, -0.2) is 9.97 Å². The minimum absolute atomic E-state index is 0.307. The molecule has 1 unspecified atom stereocenters. The quantitative estimate of drug-likeness (QED) is 0.674. The van der Waals surface area contributed by atoms with Crippen LogP contribution in [0.15, 0.2) is 29.4 Å². The molecule has 0 bridgehead atoms. The number of nitrogens with zero attached hydrogens (tertiary/aromatic N) is 2. The molecule has 0 aliphatic rings. The number of nitrogens with one attached hydrogen (secondary N) is 1. The van der Waals surface area contributed by atoms with Crippen LogP contribution in [-0.2, 0) is 0 Å². The van der Waals surface area contributed by atoms with Crippen LogP contribution in [0, 0.1) is 27.7 Å². The van der Waals surface area contributed by atoms with Crippen LogP contribution in [0.5, 0.6) is 0 Å². The van der Waals surface area contributed by atoms with Gasteiger partial charge in [-0.1, -0.05) is 36.0 Å². The van der Waals surface area contributed by atoms with Crippen molar-refractivity contribution in [2.24, 2.45) is 0 Å². The molecule has 3 nitrogen and oxygen atoms in total. The lowest BCUT2D eigenvalue weighted by Gasteiger charge is -2.18. The lowest BCUT2D eigenvalue weighted by Crippen LogP contribution is -2.20. The van der Waals surface area contributed by atoms with E-state index in [9.17, 15) is 0 Å². The molecule has 1 heterocycles. The van der Waals surface area contributed by atoms with Gasteiger partial charge in [0.05, 0.1) is 0 Å². The Bertz CT molecular complexity index is 602. The van der Waals surface area contributed by atoms with Crippen LogP contribution < -0.4 is 5.32 Å². The summed E-state index contributed by atoms with van der Waals surface area (Å²) in [4.78, 5) is 9.16. The third kappa shape index (κ3) is 3.83. The van der Waals surface area contributed by atoms with E-state index in [1.807, 2.05) is 20.9 Å². The molecular formula is C17H23N3S. The highest BCUT2D eigenvalue weighted by Crippen LogP contribution is 2.25. The molecule has 0 aliphatic carbocycles. The highest BCUT2D eigenvalue weighted by atomic mass is 32.2. The summed E-state index contributed by atoms with van der Waals surface area (Å²) >= 11 is 1.71.